The van der Waals surface area contributed by atoms with Gasteiger partial charge in [0.15, 0.2) is 5.82 Å². The minimum absolute atomic E-state index is 0.556. The Bertz CT molecular complexity index is 440. The van der Waals surface area contributed by atoms with Gasteiger partial charge in [-0.25, -0.2) is 14.6 Å². The van der Waals surface area contributed by atoms with Gasteiger partial charge in [-0.15, -0.1) is 0 Å². The summed E-state index contributed by atoms with van der Waals surface area (Å²) in [6, 6.07) is 0. The molecule has 0 radical (unpaired) electrons. The van der Waals surface area contributed by atoms with E-state index in [1.807, 2.05) is 0 Å². The largest absolute Gasteiger partial charge is 0.261 e. The van der Waals surface area contributed by atoms with Crippen LogP contribution in [0.2, 0.25) is 0 Å². The second-order valence-electron chi connectivity index (χ2n) is 4.21. The van der Waals surface area contributed by atoms with Gasteiger partial charge < -0.3 is 0 Å². The van der Waals surface area contributed by atoms with Crippen molar-refractivity contribution >= 4 is 0 Å². The molecule has 16 heavy (non-hydrogen) atoms. The Morgan fingerprint density at radius 1 is 1.38 bits per heavy atom. The third kappa shape index (κ3) is 1.82. The van der Waals surface area contributed by atoms with Gasteiger partial charge in [0.2, 0.25) is 0 Å². The molecular weight excluding hydrogens is 204 g/mol. The van der Waals surface area contributed by atoms with Crippen molar-refractivity contribution in [1.82, 2.24) is 29.9 Å². The van der Waals surface area contributed by atoms with Crippen LogP contribution in [0.1, 0.15) is 43.3 Å². The fourth-order valence-corrected chi connectivity index (χ4v) is 2.22. The average Bonchev–Trinajstić information content (AvgIpc) is 2.99. The van der Waals surface area contributed by atoms with Crippen molar-refractivity contribution < 1.29 is 0 Å². The van der Waals surface area contributed by atoms with E-state index < -0.39 is 0 Å². The van der Waals surface area contributed by atoms with E-state index in [0.29, 0.717) is 12.5 Å². The summed E-state index contributed by atoms with van der Waals surface area (Å²) in [6.07, 6.45) is 8.25. The molecule has 0 unspecified atom stereocenters. The predicted molar refractivity (Wildman–Crippen MR) is 56.7 cm³/mol. The van der Waals surface area contributed by atoms with Crippen molar-refractivity contribution in [2.24, 2.45) is 0 Å². The maximum Gasteiger partial charge on any atom is 0.153 e. The molecule has 1 fully saturated rings. The zero-order valence-electron chi connectivity index (χ0n) is 9.00. The lowest BCUT2D eigenvalue weighted by Gasteiger charge is -2.00. The van der Waals surface area contributed by atoms with Crippen molar-refractivity contribution in [3.05, 3.63) is 24.3 Å². The molecule has 0 aliphatic heterocycles. The summed E-state index contributed by atoms with van der Waals surface area (Å²) >= 11 is 0. The smallest absolute Gasteiger partial charge is 0.153 e. The Morgan fingerprint density at radius 2 is 2.25 bits per heavy atom. The molecule has 1 N–H and O–H groups in total. The van der Waals surface area contributed by atoms with E-state index in [0.717, 1.165) is 11.6 Å². The van der Waals surface area contributed by atoms with Gasteiger partial charge in [0.25, 0.3) is 0 Å². The van der Waals surface area contributed by atoms with E-state index in [1.54, 1.807) is 11.0 Å². The van der Waals surface area contributed by atoms with Crippen LogP contribution >= 0.6 is 0 Å². The summed E-state index contributed by atoms with van der Waals surface area (Å²) in [5.74, 6) is 2.38. The Kier molecular flexibility index (Phi) is 2.40. The lowest BCUT2D eigenvalue weighted by molar-refractivity contribution is 0.650. The standard InChI is InChI=1S/C10H14N6/c1-2-4-8(3-1)10-13-9(14-15-10)5-16-7-11-6-12-16/h6-8H,1-5H2,(H,13,14,15). The number of rotatable bonds is 3. The lowest BCUT2D eigenvalue weighted by atomic mass is 10.1. The molecule has 3 rings (SSSR count). The summed E-state index contributed by atoms with van der Waals surface area (Å²) in [5, 5.41) is 11.3. The van der Waals surface area contributed by atoms with Crippen LogP contribution in [0.5, 0.6) is 0 Å². The molecule has 0 bridgehead atoms. The first-order chi connectivity index (χ1) is 7.92. The molecule has 0 saturated heterocycles. The Labute approximate surface area is 93.1 Å². The van der Waals surface area contributed by atoms with Gasteiger partial charge in [-0.2, -0.15) is 10.2 Å². The second kappa shape index (κ2) is 4.03. The summed E-state index contributed by atoms with van der Waals surface area (Å²) < 4.78 is 1.74. The van der Waals surface area contributed by atoms with Gasteiger partial charge in [-0.1, -0.05) is 12.8 Å². The molecule has 1 saturated carbocycles. The lowest BCUT2D eigenvalue weighted by Crippen LogP contribution is -2.02. The van der Waals surface area contributed by atoms with Crippen LogP contribution in [0.3, 0.4) is 0 Å². The molecule has 1 aliphatic rings. The molecule has 0 atom stereocenters. The molecule has 84 valence electrons. The highest BCUT2D eigenvalue weighted by Gasteiger charge is 2.21. The number of hydrogen-bond acceptors (Lipinski definition) is 4. The van der Waals surface area contributed by atoms with E-state index in [-0.39, 0.29) is 0 Å². The van der Waals surface area contributed by atoms with Crippen LogP contribution in [0.15, 0.2) is 12.7 Å². The number of nitrogens with zero attached hydrogens (tertiary/aromatic N) is 5. The van der Waals surface area contributed by atoms with Crippen molar-refractivity contribution in [1.29, 1.82) is 0 Å². The number of H-pyrrole nitrogens is 1. The third-order valence-corrected chi connectivity index (χ3v) is 3.05. The molecule has 6 heteroatoms. The van der Waals surface area contributed by atoms with E-state index >= 15 is 0 Å². The molecule has 6 nitrogen and oxygen atoms in total. The number of aromatic amines is 1. The van der Waals surface area contributed by atoms with E-state index in [2.05, 4.69) is 25.3 Å². The zero-order valence-corrected chi connectivity index (χ0v) is 9.00. The topological polar surface area (TPSA) is 72.3 Å². The highest BCUT2D eigenvalue weighted by atomic mass is 15.3. The van der Waals surface area contributed by atoms with Crippen molar-refractivity contribution in [3.63, 3.8) is 0 Å². The fourth-order valence-electron chi connectivity index (χ4n) is 2.22. The van der Waals surface area contributed by atoms with Crippen molar-refractivity contribution in [2.75, 3.05) is 0 Å². The summed E-state index contributed by atoms with van der Waals surface area (Å²) in [7, 11) is 0. The van der Waals surface area contributed by atoms with E-state index in [9.17, 15) is 0 Å². The van der Waals surface area contributed by atoms with E-state index in [4.69, 9.17) is 0 Å². The minimum atomic E-state index is 0.556. The van der Waals surface area contributed by atoms with Crippen molar-refractivity contribution in [3.8, 4) is 0 Å². The second-order valence-corrected chi connectivity index (χ2v) is 4.21. The van der Waals surface area contributed by atoms with Gasteiger partial charge in [0, 0.05) is 5.92 Å². The molecule has 0 aromatic carbocycles. The monoisotopic (exact) mass is 218 g/mol. The Hall–Kier alpha value is -1.72. The highest BCUT2D eigenvalue weighted by molar-refractivity contribution is 5.00. The molecule has 0 amide bonds. The zero-order chi connectivity index (χ0) is 10.8. The van der Waals surface area contributed by atoms with Crippen LogP contribution in [-0.2, 0) is 6.54 Å². The molecule has 2 heterocycles. The molecule has 0 spiro atoms. The Balaban J connectivity index is 1.72. The van der Waals surface area contributed by atoms with Gasteiger partial charge in [-0.3, -0.25) is 5.10 Å². The van der Waals surface area contributed by atoms with Gasteiger partial charge in [0.1, 0.15) is 25.0 Å². The van der Waals surface area contributed by atoms with Crippen molar-refractivity contribution in [2.45, 2.75) is 38.1 Å². The quantitative estimate of drug-likeness (QED) is 0.837. The van der Waals surface area contributed by atoms with Crippen LogP contribution < -0.4 is 0 Å². The SMILES string of the molecule is c1ncn(Cc2nc(C3CCCC3)n[nH]2)n1. The summed E-state index contributed by atoms with van der Waals surface area (Å²) in [4.78, 5) is 8.40. The highest BCUT2D eigenvalue weighted by Crippen LogP contribution is 2.31. The third-order valence-electron chi connectivity index (χ3n) is 3.05. The van der Waals surface area contributed by atoms with Crippen LogP contribution in [0, 0.1) is 0 Å². The molecule has 2 aromatic heterocycles. The van der Waals surface area contributed by atoms with Gasteiger partial charge in [0.05, 0.1) is 0 Å². The minimum Gasteiger partial charge on any atom is -0.261 e. The fraction of sp³-hybridized carbons (Fsp3) is 0.600. The van der Waals surface area contributed by atoms with E-state index in [1.165, 1.54) is 32.0 Å². The number of hydrogen-bond donors (Lipinski definition) is 1. The summed E-state index contributed by atoms with van der Waals surface area (Å²) in [5.41, 5.74) is 0. The number of nitrogens with one attached hydrogen (secondary N) is 1. The Morgan fingerprint density at radius 3 is 3.00 bits per heavy atom. The first-order valence-electron chi connectivity index (χ1n) is 5.65. The molecular formula is C10H14N6. The molecule has 1 aliphatic carbocycles. The predicted octanol–water partition coefficient (Wildman–Crippen LogP) is 1.10. The number of aromatic nitrogens is 6. The summed E-state index contributed by atoms with van der Waals surface area (Å²) in [6.45, 7) is 0.611. The van der Waals surface area contributed by atoms with Crippen LogP contribution in [0.4, 0.5) is 0 Å². The first-order valence-corrected chi connectivity index (χ1v) is 5.65. The average molecular weight is 218 g/mol. The maximum absolute atomic E-state index is 4.51. The normalized spacial score (nSPS) is 17.0. The van der Waals surface area contributed by atoms with Gasteiger partial charge in [-0.05, 0) is 12.8 Å². The van der Waals surface area contributed by atoms with Crippen LogP contribution in [-0.4, -0.2) is 29.9 Å². The first kappa shape index (κ1) is 9.50. The van der Waals surface area contributed by atoms with Gasteiger partial charge >= 0.3 is 0 Å². The molecule has 2 aromatic rings. The van der Waals surface area contributed by atoms with Crippen LogP contribution in [0.25, 0.3) is 0 Å². The maximum atomic E-state index is 4.51.